The van der Waals surface area contributed by atoms with E-state index in [0.29, 0.717) is 10.0 Å². The molecule has 0 saturated heterocycles. The molecular weight excluding hydrogens is 257 g/mol. The van der Waals surface area contributed by atoms with Crippen LogP contribution < -0.4 is 5.73 Å². The molecule has 0 aliphatic heterocycles. The highest BCUT2D eigenvalue weighted by Gasteiger charge is 2.15. The van der Waals surface area contributed by atoms with Crippen LogP contribution >= 0.6 is 15.9 Å². The van der Waals surface area contributed by atoms with Gasteiger partial charge >= 0.3 is 0 Å². The lowest BCUT2D eigenvalue weighted by atomic mass is 9.91. The zero-order valence-corrected chi connectivity index (χ0v) is 9.93. The minimum Gasteiger partial charge on any atom is -0.324 e. The largest absolute Gasteiger partial charge is 0.324 e. The Morgan fingerprint density at radius 2 is 2.20 bits per heavy atom. The van der Waals surface area contributed by atoms with Crippen LogP contribution in [0.3, 0.4) is 0 Å². The predicted octanol–water partition coefficient (Wildman–Crippen LogP) is 3.48. The number of benzene rings is 1. The maximum Gasteiger partial charge on any atom is 0.144 e. The molecule has 0 amide bonds. The number of allylic oxidation sites excluding steroid dienone is 1. The van der Waals surface area contributed by atoms with Crippen molar-refractivity contribution in [1.29, 1.82) is 0 Å². The molecule has 1 aliphatic rings. The van der Waals surface area contributed by atoms with Gasteiger partial charge in [0.05, 0.1) is 4.47 Å². The van der Waals surface area contributed by atoms with Crippen LogP contribution in [0.1, 0.15) is 24.8 Å². The van der Waals surface area contributed by atoms with Gasteiger partial charge in [0.2, 0.25) is 0 Å². The summed E-state index contributed by atoms with van der Waals surface area (Å²) in [6, 6.07) is 5.45. The first-order valence-corrected chi connectivity index (χ1v) is 5.88. The van der Waals surface area contributed by atoms with Crippen molar-refractivity contribution in [2.75, 3.05) is 0 Å². The first-order valence-electron chi connectivity index (χ1n) is 5.09. The SMILES string of the molecule is NC1C=C(c2cccc(Br)c2F)CCC1. The Morgan fingerprint density at radius 1 is 1.40 bits per heavy atom. The highest BCUT2D eigenvalue weighted by molar-refractivity contribution is 9.10. The molecule has 1 aromatic rings. The second kappa shape index (κ2) is 4.45. The van der Waals surface area contributed by atoms with Gasteiger partial charge in [-0.2, -0.15) is 0 Å². The van der Waals surface area contributed by atoms with Crippen molar-refractivity contribution in [3.63, 3.8) is 0 Å². The van der Waals surface area contributed by atoms with Crippen molar-refractivity contribution in [1.82, 2.24) is 0 Å². The van der Waals surface area contributed by atoms with E-state index in [0.717, 1.165) is 24.8 Å². The summed E-state index contributed by atoms with van der Waals surface area (Å²) >= 11 is 3.19. The van der Waals surface area contributed by atoms with Crippen LogP contribution in [0, 0.1) is 5.82 Å². The van der Waals surface area contributed by atoms with Crippen molar-refractivity contribution in [3.05, 3.63) is 40.1 Å². The van der Waals surface area contributed by atoms with Crippen LogP contribution in [0.5, 0.6) is 0 Å². The molecule has 0 bridgehead atoms. The Balaban J connectivity index is 2.41. The van der Waals surface area contributed by atoms with Crippen molar-refractivity contribution in [2.45, 2.75) is 25.3 Å². The van der Waals surface area contributed by atoms with Gasteiger partial charge in [-0.15, -0.1) is 0 Å². The molecule has 0 spiro atoms. The summed E-state index contributed by atoms with van der Waals surface area (Å²) in [6.45, 7) is 0. The smallest absolute Gasteiger partial charge is 0.144 e. The lowest BCUT2D eigenvalue weighted by Crippen LogP contribution is -2.20. The fraction of sp³-hybridized carbons (Fsp3) is 0.333. The van der Waals surface area contributed by atoms with Gasteiger partial charge in [0.25, 0.3) is 0 Å². The van der Waals surface area contributed by atoms with Crippen LogP contribution in [0.2, 0.25) is 0 Å². The van der Waals surface area contributed by atoms with E-state index in [1.807, 2.05) is 18.2 Å². The number of nitrogens with two attached hydrogens (primary N) is 1. The van der Waals surface area contributed by atoms with Crippen LogP contribution in [-0.4, -0.2) is 6.04 Å². The minimum absolute atomic E-state index is 0.0760. The Bertz CT molecular complexity index is 401. The molecule has 1 unspecified atom stereocenters. The van der Waals surface area contributed by atoms with Crippen molar-refractivity contribution in [2.24, 2.45) is 5.73 Å². The predicted molar refractivity (Wildman–Crippen MR) is 63.9 cm³/mol. The first-order chi connectivity index (χ1) is 7.18. The standard InChI is InChI=1S/C12H13BrFN/c13-11-6-2-5-10(12(11)14)8-3-1-4-9(15)7-8/h2,5-7,9H,1,3-4,15H2. The van der Waals surface area contributed by atoms with E-state index in [4.69, 9.17) is 5.73 Å². The van der Waals surface area contributed by atoms with Crippen LogP contribution in [0.25, 0.3) is 5.57 Å². The van der Waals surface area contributed by atoms with Gasteiger partial charge in [-0.3, -0.25) is 0 Å². The molecule has 0 aromatic heterocycles. The summed E-state index contributed by atoms with van der Waals surface area (Å²) in [5.74, 6) is -0.183. The fourth-order valence-electron chi connectivity index (χ4n) is 1.93. The number of halogens is 2. The van der Waals surface area contributed by atoms with Crippen molar-refractivity contribution in [3.8, 4) is 0 Å². The monoisotopic (exact) mass is 269 g/mol. The summed E-state index contributed by atoms with van der Waals surface area (Å²) in [5, 5.41) is 0. The third-order valence-corrected chi connectivity index (χ3v) is 3.31. The molecule has 2 rings (SSSR count). The zero-order valence-electron chi connectivity index (χ0n) is 8.34. The maximum atomic E-state index is 13.8. The molecule has 1 atom stereocenters. The van der Waals surface area contributed by atoms with Crippen molar-refractivity contribution >= 4 is 21.5 Å². The molecule has 0 heterocycles. The van der Waals surface area contributed by atoms with Crippen LogP contribution in [0.15, 0.2) is 28.7 Å². The number of rotatable bonds is 1. The third kappa shape index (κ3) is 2.29. The minimum atomic E-state index is -0.183. The van der Waals surface area contributed by atoms with E-state index in [9.17, 15) is 4.39 Å². The van der Waals surface area contributed by atoms with E-state index in [1.165, 1.54) is 0 Å². The van der Waals surface area contributed by atoms with Gasteiger partial charge < -0.3 is 5.73 Å². The number of hydrogen-bond donors (Lipinski definition) is 1. The Labute approximate surface area is 97.3 Å². The van der Waals surface area contributed by atoms with E-state index in [1.54, 1.807) is 6.07 Å². The van der Waals surface area contributed by atoms with Crippen molar-refractivity contribution < 1.29 is 4.39 Å². The highest BCUT2D eigenvalue weighted by atomic mass is 79.9. The Kier molecular flexibility index (Phi) is 3.22. The van der Waals surface area contributed by atoms with E-state index in [2.05, 4.69) is 15.9 Å². The second-order valence-corrected chi connectivity index (χ2v) is 4.70. The average Bonchev–Trinajstić information content (AvgIpc) is 2.22. The highest BCUT2D eigenvalue weighted by Crippen LogP contribution is 2.30. The average molecular weight is 270 g/mol. The first kappa shape index (κ1) is 10.8. The molecule has 15 heavy (non-hydrogen) atoms. The van der Waals surface area contributed by atoms with Crippen LogP contribution in [0.4, 0.5) is 4.39 Å². The topological polar surface area (TPSA) is 26.0 Å². The van der Waals surface area contributed by atoms with Gasteiger partial charge in [-0.1, -0.05) is 18.2 Å². The fourth-order valence-corrected chi connectivity index (χ4v) is 2.30. The lowest BCUT2D eigenvalue weighted by molar-refractivity contribution is 0.609. The summed E-state index contributed by atoms with van der Waals surface area (Å²) in [5.41, 5.74) is 7.55. The molecule has 1 aromatic carbocycles. The third-order valence-electron chi connectivity index (χ3n) is 2.70. The number of hydrogen-bond acceptors (Lipinski definition) is 1. The molecular formula is C12H13BrFN. The zero-order chi connectivity index (χ0) is 10.8. The van der Waals surface area contributed by atoms with Gasteiger partial charge in [0.1, 0.15) is 5.82 Å². The molecule has 1 aliphatic carbocycles. The Morgan fingerprint density at radius 3 is 2.93 bits per heavy atom. The van der Waals surface area contributed by atoms with Gasteiger partial charge in [0.15, 0.2) is 0 Å². The van der Waals surface area contributed by atoms with Crippen LogP contribution in [-0.2, 0) is 0 Å². The van der Waals surface area contributed by atoms with E-state index < -0.39 is 0 Å². The molecule has 3 heteroatoms. The molecule has 0 radical (unpaired) electrons. The van der Waals surface area contributed by atoms with E-state index >= 15 is 0 Å². The molecule has 1 nitrogen and oxygen atoms in total. The summed E-state index contributed by atoms with van der Waals surface area (Å²) < 4.78 is 14.3. The lowest BCUT2D eigenvalue weighted by Gasteiger charge is -2.18. The van der Waals surface area contributed by atoms with Gasteiger partial charge in [0, 0.05) is 11.6 Å². The van der Waals surface area contributed by atoms with E-state index in [-0.39, 0.29) is 11.9 Å². The maximum absolute atomic E-state index is 13.8. The quantitative estimate of drug-likeness (QED) is 0.830. The molecule has 80 valence electrons. The normalized spacial score (nSPS) is 21.3. The second-order valence-electron chi connectivity index (χ2n) is 3.85. The summed E-state index contributed by atoms with van der Waals surface area (Å²) in [4.78, 5) is 0. The van der Waals surface area contributed by atoms with Gasteiger partial charge in [-0.25, -0.2) is 4.39 Å². The summed E-state index contributed by atoms with van der Waals surface area (Å²) in [7, 11) is 0. The summed E-state index contributed by atoms with van der Waals surface area (Å²) in [6.07, 6.45) is 4.94. The Hall–Kier alpha value is -0.670. The van der Waals surface area contributed by atoms with Gasteiger partial charge in [-0.05, 0) is 46.8 Å². The molecule has 0 saturated carbocycles. The molecule has 2 N–H and O–H groups in total. The molecule has 0 fully saturated rings.